The Balaban J connectivity index is 1.55. The molecule has 1 aromatic heterocycles. The predicted octanol–water partition coefficient (Wildman–Crippen LogP) is 4.59. The lowest BCUT2D eigenvalue weighted by molar-refractivity contribution is 0.102. The van der Waals surface area contributed by atoms with Gasteiger partial charge >= 0.3 is 0 Å². The van der Waals surface area contributed by atoms with E-state index >= 15 is 0 Å². The molecule has 4 nitrogen and oxygen atoms in total. The zero-order valence-corrected chi connectivity index (χ0v) is 14.2. The summed E-state index contributed by atoms with van der Waals surface area (Å²) >= 11 is 0. The van der Waals surface area contributed by atoms with Crippen LogP contribution in [-0.2, 0) is 0 Å². The van der Waals surface area contributed by atoms with Gasteiger partial charge in [0.1, 0.15) is 0 Å². The Labute approximate surface area is 149 Å². The van der Waals surface area contributed by atoms with Crippen molar-refractivity contribution in [1.82, 2.24) is 9.78 Å². The second-order valence-electron chi connectivity index (χ2n) is 6.50. The number of nitrogens with one attached hydrogen (secondary N) is 1. The first-order valence-electron chi connectivity index (χ1n) is 8.45. The van der Waals surface area contributed by atoms with Crippen molar-refractivity contribution in [2.24, 2.45) is 0 Å². The Morgan fingerprint density at radius 3 is 2.58 bits per heavy atom. The third kappa shape index (κ3) is 3.10. The number of anilines is 1. The van der Waals surface area contributed by atoms with Crippen molar-refractivity contribution in [1.29, 1.82) is 0 Å². The number of aryl methyl sites for hydroxylation is 1. The van der Waals surface area contributed by atoms with Crippen LogP contribution in [0.25, 0.3) is 5.69 Å². The van der Waals surface area contributed by atoms with Crippen LogP contribution in [0, 0.1) is 18.6 Å². The van der Waals surface area contributed by atoms with E-state index in [2.05, 4.69) is 16.5 Å². The molecule has 1 amide bonds. The van der Waals surface area contributed by atoms with Crippen LogP contribution in [0.5, 0.6) is 0 Å². The Kier molecular flexibility index (Phi) is 4.03. The van der Waals surface area contributed by atoms with Crippen molar-refractivity contribution in [3.8, 4) is 5.69 Å². The Morgan fingerprint density at radius 1 is 1.15 bits per heavy atom. The van der Waals surface area contributed by atoms with E-state index in [1.807, 2.05) is 23.7 Å². The molecule has 1 saturated carbocycles. The van der Waals surface area contributed by atoms with E-state index in [1.165, 1.54) is 30.7 Å². The minimum atomic E-state index is -1.15. The standard InChI is InChI=1S/C20H17F2N3O/c1-12-11-18(13-5-6-13)25(24-12)15-9-7-14(8-10-15)23-20(26)16-3-2-4-17(21)19(16)22/h2-4,7-11,13H,5-6H2,1H3,(H,23,26). The van der Waals surface area contributed by atoms with Crippen molar-refractivity contribution < 1.29 is 13.6 Å². The molecule has 4 rings (SSSR count). The van der Waals surface area contributed by atoms with Crippen LogP contribution >= 0.6 is 0 Å². The fourth-order valence-electron chi connectivity index (χ4n) is 2.96. The maximum atomic E-state index is 13.7. The van der Waals surface area contributed by atoms with E-state index in [0.29, 0.717) is 11.6 Å². The smallest absolute Gasteiger partial charge is 0.258 e. The Bertz CT molecular complexity index is 975. The molecule has 0 radical (unpaired) electrons. The third-order valence-corrected chi connectivity index (χ3v) is 4.42. The fourth-order valence-corrected chi connectivity index (χ4v) is 2.96. The normalized spacial score (nSPS) is 13.7. The average Bonchev–Trinajstić information content (AvgIpc) is 3.40. The van der Waals surface area contributed by atoms with E-state index < -0.39 is 17.5 Å². The molecule has 2 aromatic carbocycles. The minimum Gasteiger partial charge on any atom is -0.322 e. The van der Waals surface area contributed by atoms with Gasteiger partial charge in [0, 0.05) is 17.3 Å². The highest BCUT2D eigenvalue weighted by molar-refractivity contribution is 6.04. The van der Waals surface area contributed by atoms with Crippen molar-refractivity contribution in [2.75, 3.05) is 5.32 Å². The number of rotatable bonds is 4. The molecule has 3 aromatic rings. The first-order valence-corrected chi connectivity index (χ1v) is 8.45. The van der Waals surface area contributed by atoms with Crippen LogP contribution in [0.15, 0.2) is 48.5 Å². The monoisotopic (exact) mass is 353 g/mol. The summed E-state index contributed by atoms with van der Waals surface area (Å²) in [6.45, 7) is 1.96. The lowest BCUT2D eigenvalue weighted by Crippen LogP contribution is -2.14. The lowest BCUT2D eigenvalue weighted by Gasteiger charge is -2.09. The number of aromatic nitrogens is 2. The second kappa shape index (κ2) is 6.37. The summed E-state index contributed by atoms with van der Waals surface area (Å²) in [5, 5.41) is 7.12. The summed E-state index contributed by atoms with van der Waals surface area (Å²) in [6.07, 6.45) is 2.36. The molecule has 0 saturated heterocycles. The van der Waals surface area contributed by atoms with Crippen molar-refractivity contribution >= 4 is 11.6 Å². The van der Waals surface area contributed by atoms with Crippen molar-refractivity contribution in [2.45, 2.75) is 25.7 Å². The molecule has 0 unspecified atom stereocenters. The minimum absolute atomic E-state index is 0.326. The van der Waals surface area contributed by atoms with E-state index in [4.69, 9.17) is 0 Å². The quantitative estimate of drug-likeness (QED) is 0.746. The molecule has 1 aliphatic carbocycles. The van der Waals surface area contributed by atoms with E-state index in [-0.39, 0.29) is 5.56 Å². The van der Waals surface area contributed by atoms with Crippen LogP contribution < -0.4 is 5.32 Å². The molecule has 1 N–H and O–H groups in total. The number of halogens is 2. The van der Waals surface area contributed by atoms with Crippen molar-refractivity contribution in [3.05, 3.63) is 77.1 Å². The molecule has 0 aliphatic heterocycles. The summed E-state index contributed by atoms with van der Waals surface area (Å²) in [5.74, 6) is -2.33. The van der Waals surface area contributed by atoms with Gasteiger partial charge in [0.05, 0.1) is 16.9 Å². The van der Waals surface area contributed by atoms with Gasteiger partial charge in [-0.25, -0.2) is 13.5 Å². The highest BCUT2D eigenvalue weighted by atomic mass is 19.2. The molecule has 1 heterocycles. The van der Waals surface area contributed by atoms with E-state index in [9.17, 15) is 13.6 Å². The molecule has 0 bridgehead atoms. The van der Waals surface area contributed by atoms with Gasteiger partial charge in [-0.05, 0) is 62.2 Å². The number of carbonyl (C=O) groups is 1. The van der Waals surface area contributed by atoms with Crippen LogP contribution in [-0.4, -0.2) is 15.7 Å². The number of benzene rings is 2. The molecule has 1 aliphatic rings. The van der Waals surface area contributed by atoms with Crippen LogP contribution in [0.3, 0.4) is 0 Å². The van der Waals surface area contributed by atoms with Gasteiger partial charge in [-0.15, -0.1) is 0 Å². The predicted molar refractivity (Wildman–Crippen MR) is 94.6 cm³/mol. The summed E-state index contributed by atoms with van der Waals surface area (Å²) in [7, 11) is 0. The number of nitrogens with zero attached hydrogens (tertiary/aromatic N) is 2. The summed E-state index contributed by atoms with van der Waals surface area (Å²) in [6, 6.07) is 12.7. The topological polar surface area (TPSA) is 46.9 Å². The molecule has 0 atom stereocenters. The van der Waals surface area contributed by atoms with Gasteiger partial charge in [-0.3, -0.25) is 4.79 Å². The first kappa shape index (κ1) is 16.4. The average molecular weight is 353 g/mol. The molecular formula is C20H17F2N3O. The van der Waals surface area contributed by atoms with Gasteiger partial charge in [0.25, 0.3) is 5.91 Å². The maximum absolute atomic E-state index is 13.7. The summed E-state index contributed by atoms with van der Waals surface area (Å²) < 4.78 is 28.9. The molecule has 132 valence electrons. The number of carbonyl (C=O) groups excluding carboxylic acids is 1. The number of hydrogen-bond donors (Lipinski definition) is 1. The van der Waals surface area contributed by atoms with Crippen LogP contribution in [0.2, 0.25) is 0 Å². The first-order chi connectivity index (χ1) is 12.5. The fraction of sp³-hybridized carbons (Fsp3) is 0.200. The molecule has 0 spiro atoms. The van der Waals surface area contributed by atoms with Crippen molar-refractivity contribution in [3.63, 3.8) is 0 Å². The van der Waals surface area contributed by atoms with Crippen LogP contribution in [0.1, 0.15) is 40.5 Å². The SMILES string of the molecule is Cc1cc(C2CC2)n(-c2ccc(NC(=O)c3cccc(F)c3F)cc2)n1. The maximum Gasteiger partial charge on any atom is 0.258 e. The zero-order chi connectivity index (χ0) is 18.3. The van der Waals surface area contributed by atoms with Gasteiger partial charge in [-0.1, -0.05) is 6.07 Å². The van der Waals surface area contributed by atoms with Gasteiger partial charge < -0.3 is 5.32 Å². The zero-order valence-electron chi connectivity index (χ0n) is 14.2. The second-order valence-corrected chi connectivity index (χ2v) is 6.50. The summed E-state index contributed by atoms with van der Waals surface area (Å²) in [5.41, 5.74) is 3.23. The number of hydrogen-bond acceptors (Lipinski definition) is 2. The summed E-state index contributed by atoms with van der Waals surface area (Å²) in [4.78, 5) is 12.2. The highest BCUT2D eigenvalue weighted by Gasteiger charge is 2.28. The highest BCUT2D eigenvalue weighted by Crippen LogP contribution is 2.41. The van der Waals surface area contributed by atoms with Gasteiger partial charge in [0.15, 0.2) is 11.6 Å². The van der Waals surface area contributed by atoms with E-state index in [1.54, 1.807) is 12.1 Å². The Hall–Kier alpha value is -3.02. The molecular weight excluding hydrogens is 336 g/mol. The van der Waals surface area contributed by atoms with Gasteiger partial charge in [-0.2, -0.15) is 5.10 Å². The van der Waals surface area contributed by atoms with Crippen LogP contribution in [0.4, 0.5) is 14.5 Å². The molecule has 6 heteroatoms. The Morgan fingerprint density at radius 2 is 1.88 bits per heavy atom. The third-order valence-electron chi connectivity index (χ3n) is 4.42. The number of amides is 1. The lowest BCUT2D eigenvalue weighted by atomic mass is 10.2. The largest absolute Gasteiger partial charge is 0.322 e. The van der Waals surface area contributed by atoms with E-state index in [0.717, 1.165) is 17.4 Å². The molecule has 26 heavy (non-hydrogen) atoms. The molecule has 1 fully saturated rings. The van der Waals surface area contributed by atoms with Gasteiger partial charge in [0.2, 0.25) is 0 Å².